The average molecular weight is 219 g/mol. The summed E-state index contributed by atoms with van der Waals surface area (Å²) < 4.78 is 2.05. The number of hydrogen-bond donors (Lipinski definition) is 1. The van der Waals surface area contributed by atoms with Crippen molar-refractivity contribution in [3.8, 4) is 0 Å². The van der Waals surface area contributed by atoms with Crippen molar-refractivity contribution in [1.82, 2.24) is 19.5 Å². The van der Waals surface area contributed by atoms with Gasteiger partial charge in [-0.2, -0.15) is 0 Å². The van der Waals surface area contributed by atoms with Gasteiger partial charge in [0.25, 0.3) is 0 Å². The summed E-state index contributed by atoms with van der Waals surface area (Å²) in [6.07, 6.45) is 5.69. The third-order valence-electron chi connectivity index (χ3n) is 2.72. The van der Waals surface area contributed by atoms with Gasteiger partial charge in [-0.1, -0.05) is 20.3 Å². The van der Waals surface area contributed by atoms with Crippen molar-refractivity contribution in [2.24, 2.45) is 5.92 Å². The lowest BCUT2D eigenvalue weighted by Gasteiger charge is -2.10. The van der Waals surface area contributed by atoms with Crippen LogP contribution in [0.3, 0.4) is 0 Å². The van der Waals surface area contributed by atoms with Crippen molar-refractivity contribution < 1.29 is 0 Å². The summed E-state index contributed by atoms with van der Waals surface area (Å²) in [5.41, 5.74) is 7.26. The zero-order valence-electron chi connectivity index (χ0n) is 9.72. The summed E-state index contributed by atoms with van der Waals surface area (Å²) in [5, 5.41) is 0. The number of fused-ring (bicyclic) bond motifs is 1. The Labute approximate surface area is 94.7 Å². The van der Waals surface area contributed by atoms with Crippen LogP contribution < -0.4 is 5.73 Å². The van der Waals surface area contributed by atoms with Crippen molar-refractivity contribution in [3.05, 3.63) is 12.7 Å². The van der Waals surface area contributed by atoms with Crippen LogP contribution in [0.15, 0.2) is 12.7 Å². The smallest absolute Gasteiger partial charge is 0.165 e. The van der Waals surface area contributed by atoms with Gasteiger partial charge in [-0.15, -0.1) is 0 Å². The van der Waals surface area contributed by atoms with Crippen molar-refractivity contribution in [2.75, 3.05) is 5.73 Å². The molecule has 0 saturated carbocycles. The lowest BCUT2D eigenvalue weighted by Crippen LogP contribution is -2.07. The Morgan fingerprint density at radius 2 is 2.19 bits per heavy atom. The summed E-state index contributed by atoms with van der Waals surface area (Å²) >= 11 is 0. The first-order chi connectivity index (χ1) is 7.72. The van der Waals surface area contributed by atoms with Crippen molar-refractivity contribution in [3.63, 3.8) is 0 Å². The van der Waals surface area contributed by atoms with E-state index in [1.165, 1.54) is 19.2 Å². The van der Waals surface area contributed by atoms with Crippen LogP contribution in [0.25, 0.3) is 11.2 Å². The van der Waals surface area contributed by atoms with E-state index in [1.807, 2.05) is 4.57 Å². The van der Waals surface area contributed by atoms with Gasteiger partial charge in [0.2, 0.25) is 0 Å². The van der Waals surface area contributed by atoms with Crippen LogP contribution in [-0.2, 0) is 6.54 Å². The van der Waals surface area contributed by atoms with Gasteiger partial charge in [-0.05, 0) is 12.3 Å². The molecule has 2 aromatic rings. The van der Waals surface area contributed by atoms with Crippen LogP contribution in [-0.4, -0.2) is 19.5 Å². The SMILES string of the molecule is CCCC(C)Cn1cnc2c(N)ncnc21. The summed E-state index contributed by atoms with van der Waals surface area (Å²) in [5.74, 6) is 1.07. The van der Waals surface area contributed by atoms with Gasteiger partial charge < -0.3 is 10.3 Å². The predicted molar refractivity (Wildman–Crippen MR) is 63.8 cm³/mol. The third-order valence-corrected chi connectivity index (χ3v) is 2.72. The topological polar surface area (TPSA) is 69.6 Å². The Hall–Kier alpha value is -1.65. The predicted octanol–water partition coefficient (Wildman–Crippen LogP) is 1.84. The fraction of sp³-hybridized carbons (Fsp3) is 0.545. The number of anilines is 1. The fourth-order valence-electron chi connectivity index (χ4n) is 1.95. The van der Waals surface area contributed by atoms with E-state index in [9.17, 15) is 0 Å². The molecular formula is C11H17N5. The molecule has 16 heavy (non-hydrogen) atoms. The van der Waals surface area contributed by atoms with Gasteiger partial charge in [-0.3, -0.25) is 0 Å². The highest BCUT2D eigenvalue weighted by Crippen LogP contribution is 2.16. The van der Waals surface area contributed by atoms with Gasteiger partial charge in [-0.25, -0.2) is 15.0 Å². The van der Waals surface area contributed by atoms with E-state index >= 15 is 0 Å². The molecule has 2 N–H and O–H groups in total. The zero-order chi connectivity index (χ0) is 11.5. The third kappa shape index (κ3) is 1.98. The van der Waals surface area contributed by atoms with Crippen LogP contribution in [0.5, 0.6) is 0 Å². The number of aromatic nitrogens is 4. The first-order valence-corrected chi connectivity index (χ1v) is 5.63. The molecular weight excluding hydrogens is 202 g/mol. The quantitative estimate of drug-likeness (QED) is 0.851. The summed E-state index contributed by atoms with van der Waals surface area (Å²) in [4.78, 5) is 12.4. The highest BCUT2D eigenvalue weighted by atomic mass is 15.1. The van der Waals surface area contributed by atoms with Gasteiger partial charge in [0.1, 0.15) is 11.8 Å². The molecule has 2 rings (SSSR count). The Bertz CT molecular complexity index is 476. The molecule has 1 unspecified atom stereocenters. The second kappa shape index (κ2) is 4.47. The first-order valence-electron chi connectivity index (χ1n) is 5.63. The Morgan fingerprint density at radius 1 is 1.38 bits per heavy atom. The monoisotopic (exact) mass is 219 g/mol. The molecule has 0 saturated heterocycles. The maximum absolute atomic E-state index is 5.73. The number of nitrogens with two attached hydrogens (primary N) is 1. The van der Waals surface area contributed by atoms with Gasteiger partial charge >= 0.3 is 0 Å². The molecule has 0 aromatic carbocycles. The molecule has 0 bridgehead atoms. The van der Waals surface area contributed by atoms with E-state index in [0.717, 1.165) is 12.2 Å². The van der Waals surface area contributed by atoms with E-state index < -0.39 is 0 Å². The number of hydrogen-bond acceptors (Lipinski definition) is 4. The molecule has 0 aliphatic carbocycles. The van der Waals surface area contributed by atoms with Gasteiger partial charge in [0.05, 0.1) is 6.33 Å². The van der Waals surface area contributed by atoms with Crippen LogP contribution in [0.1, 0.15) is 26.7 Å². The summed E-state index contributed by atoms with van der Waals surface area (Å²) in [7, 11) is 0. The number of nitrogen functional groups attached to an aromatic ring is 1. The van der Waals surface area contributed by atoms with E-state index in [2.05, 4.69) is 28.8 Å². The van der Waals surface area contributed by atoms with Crippen LogP contribution in [0, 0.1) is 5.92 Å². The fourth-order valence-corrected chi connectivity index (χ4v) is 1.95. The second-order valence-corrected chi connectivity index (χ2v) is 4.22. The molecule has 1 atom stereocenters. The molecule has 0 aliphatic heterocycles. The lowest BCUT2D eigenvalue weighted by atomic mass is 10.1. The molecule has 5 nitrogen and oxygen atoms in total. The molecule has 2 heterocycles. The molecule has 0 aliphatic rings. The van der Waals surface area contributed by atoms with Gasteiger partial charge in [0, 0.05) is 6.54 Å². The van der Waals surface area contributed by atoms with E-state index in [1.54, 1.807) is 6.33 Å². The van der Waals surface area contributed by atoms with Crippen molar-refractivity contribution >= 4 is 17.0 Å². The average Bonchev–Trinajstić information content (AvgIpc) is 2.64. The molecule has 5 heteroatoms. The first kappa shape index (κ1) is 10.9. The number of rotatable bonds is 4. The highest BCUT2D eigenvalue weighted by molar-refractivity contribution is 5.80. The largest absolute Gasteiger partial charge is 0.382 e. The maximum Gasteiger partial charge on any atom is 0.165 e. The molecule has 2 aromatic heterocycles. The minimum absolute atomic E-state index is 0.451. The normalized spacial score (nSPS) is 13.1. The Balaban J connectivity index is 2.28. The van der Waals surface area contributed by atoms with Gasteiger partial charge in [0.15, 0.2) is 11.5 Å². The van der Waals surface area contributed by atoms with Crippen molar-refractivity contribution in [2.45, 2.75) is 33.2 Å². The molecule has 0 radical (unpaired) electrons. The molecule has 0 amide bonds. The van der Waals surface area contributed by atoms with E-state index in [-0.39, 0.29) is 0 Å². The van der Waals surface area contributed by atoms with Crippen LogP contribution in [0.2, 0.25) is 0 Å². The summed E-state index contributed by atoms with van der Waals surface area (Å²) in [6, 6.07) is 0. The molecule has 86 valence electrons. The summed E-state index contributed by atoms with van der Waals surface area (Å²) in [6.45, 7) is 5.36. The minimum Gasteiger partial charge on any atom is -0.382 e. The van der Waals surface area contributed by atoms with Crippen LogP contribution >= 0.6 is 0 Å². The van der Waals surface area contributed by atoms with E-state index in [0.29, 0.717) is 17.3 Å². The maximum atomic E-state index is 5.73. The second-order valence-electron chi connectivity index (χ2n) is 4.22. The number of imidazole rings is 1. The molecule has 0 spiro atoms. The van der Waals surface area contributed by atoms with E-state index in [4.69, 9.17) is 5.73 Å². The Kier molecular flexibility index (Phi) is 3.03. The lowest BCUT2D eigenvalue weighted by molar-refractivity contribution is 0.450. The Morgan fingerprint density at radius 3 is 2.94 bits per heavy atom. The van der Waals surface area contributed by atoms with Crippen molar-refractivity contribution in [1.29, 1.82) is 0 Å². The number of nitrogens with zero attached hydrogens (tertiary/aromatic N) is 4. The standard InChI is InChI=1S/C11H17N5/c1-3-4-8(2)5-16-7-15-9-10(12)13-6-14-11(9)16/h6-8H,3-5H2,1-2H3,(H2,12,13,14). The zero-order valence-corrected chi connectivity index (χ0v) is 9.72. The minimum atomic E-state index is 0.451. The molecule has 0 fully saturated rings. The van der Waals surface area contributed by atoms with Crippen LogP contribution in [0.4, 0.5) is 5.82 Å². The highest BCUT2D eigenvalue weighted by Gasteiger charge is 2.09.